The van der Waals surface area contributed by atoms with Crippen molar-refractivity contribution in [3.05, 3.63) is 38.7 Å². The van der Waals surface area contributed by atoms with E-state index >= 15 is 0 Å². The summed E-state index contributed by atoms with van der Waals surface area (Å²) in [5, 5.41) is 0. The molecule has 2 rings (SSSR count). The molecule has 0 N–H and O–H groups in total. The Morgan fingerprint density at radius 2 is 1.77 bits per heavy atom. The van der Waals surface area contributed by atoms with E-state index in [4.69, 9.17) is 0 Å². The molecule has 0 fully saturated rings. The van der Waals surface area contributed by atoms with Crippen molar-refractivity contribution in [1.29, 1.82) is 0 Å². The number of fused-ring (bicyclic) bond motifs is 1. The zero-order valence-corrected chi connectivity index (χ0v) is 14.0. The second-order valence-electron chi connectivity index (χ2n) is 2.95. The van der Waals surface area contributed by atoms with E-state index in [1.165, 1.54) is 35.5 Å². The molecule has 1 aromatic carbocycles. The summed E-state index contributed by atoms with van der Waals surface area (Å²) in [6.07, 6.45) is 2.34. The van der Waals surface area contributed by atoms with Gasteiger partial charge in [-0.3, -0.25) is 0 Å². The van der Waals surface area contributed by atoms with Gasteiger partial charge in [-0.1, -0.05) is 0 Å². The molecule has 0 nitrogen and oxygen atoms in total. The largest absolute Gasteiger partial charge is 1.00 e. The number of rotatable bonds is 0. The first kappa shape index (κ1) is 13.8. The summed E-state index contributed by atoms with van der Waals surface area (Å²) < 4.78 is 1.62. The summed E-state index contributed by atoms with van der Waals surface area (Å²) >= 11 is 1.20. The van der Waals surface area contributed by atoms with Gasteiger partial charge in [0.05, 0.1) is 0 Å². The standard InChI is InChI=1S/C10H9.2BrH.Hf/c1-8-6-7-9-4-2-3-5-10(8)9;;;/h2-5,7-8H,1H3;2*1H;/q;;;+2/p-2. The third kappa shape index (κ3) is 2.63. The third-order valence-electron chi connectivity index (χ3n) is 2.24. The van der Waals surface area contributed by atoms with Crippen LogP contribution in [0.5, 0.6) is 0 Å². The van der Waals surface area contributed by atoms with Gasteiger partial charge >= 0.3 is 82.0 Å². The Kier molecular flexibility index (Phi) is 5.96. The number of benzene rings is 1. The predicted molar refractivity (Wildman–Crippen MR) is 42.8 cm³/mol. The molecule has 1 aliphatic carbocycles. The minimum atomic E-state index is 0. The first-order valence-electron chi connectivity index (χ1n) is 3.81. The van der Waals surface area contributed by atoms with E-state index in [9.17, 15) is 0 Å². The van der Waals surface area contributed by atoms with Gasteiger partial charge < -0.3 is 34.0 Å². The maximum absolute atomic E-state index is 2.34. The Labute approximate surface area is 115 Å². The Bertz CT molecular complexity index is 320. The van der Waals surface area contributed by atoms with Crippen molar-refractivity contribution in [3.8, 4) is 0 Å². The molecule has 0 bridgehead atoms. The number of halogens is 2. The van der Waals surface area contributed by atoms with Gasteiger partial charge in [0, 0.05) is 0 Å². The van der Waals surface area contributed by atoms with Gasteiger partial charge in [-0.2, -0.15) is 0 Å². The summed E-state index contributed by atoms with van der Waals surface area (Å²) in [6, 6.07) is 8.68. The summed E-state index contributed by atoms with van der Waals surface area (Å²) in [5.74, 6) is 0.692. The van der Waals surface area contributed by atoms with Crippen molar-refractivity contribution < 1.29 is 58.3 Å². The van der Waals surface area contributed by atoms with Gasteiger partial charge in [-0.05, 0) is 0 Å². The molecule has 0 saturated heterocycles. The van der Waals surface area contributed by atoms with Crippen molar-refractivity contribution >= 4 is 6.08 Å². The second-order valence-corrected chi connectivity index (χ2v) is 5.02. The van der Waals surface area contributed by atoms with E-state index in [0.717, 1.165) is 0 Å². The van der Waals surface area contributed by atoms with Crippen LogP contribution in [0.2, 0.25) is 0 Å². The van der Waals surface area contributed by atoms with Crippen LogP contribution in [0.4, 0.5) is 0 Å². The van der Waals surface area contributed by atoms with Crippen molar-refractivity contribution in [2.24, 2.45) is 0 Å². The van der Waals surface area contributed by atoms with Crippen LogP contribution in [0, 0.1) is 0 Å². The Morgan fingerprint density at radius 3 is 2.38 bits per heavy atom. The molecule has 0 heterocycles. The van der Waals surface area contributed by atoms with E-state index in [-0.39, 0.29) is 34.0 Å². The maximum Gasteiger partial charge on any atom is -1.00 e. The number of hydrogen-bond donors (Lipinski definition) is 0. The zero-order chi connectivity index (χ0) is 7.84. The average molecular weight is 467 g/mol. The molecule has 1 unspecified atom stereocenters. The molecular weight excluding hydrogens is 458 g/mol. The number of allylic oxidation sites excluding steroid dienone is 1. The van der Waals surface area contributed by atoms with Crippen molar-refractivity contribution in [2.45, 2.75) is 12.8 Å². The van der Waals surface area contributed by atoms with E-state index in [1.807, 2.05) is 0 Å². The van der Waals surface area contributed by atoms with E-state index in [1.54, 1.807) is 3.33 Å². The molecule has 0 spiro atoms. The monoisotopic (exact) mass is 467 g/mol. The van der Waals surface area contributed by atoms with Gasteiger partial charge in [-0.25, -0.2) is 0 Å². The average Bonchev–Trinajstić information content (AvgIpc) is 2.30. The topological polar surface area (TPSA) is 0 Å². The van der Waals surface area contributed by atoms with Crippen LogP contribution in [0.15, 0.2) is 27.6 Å². The van der Waals surface area contributed by atoms with E-state index in [2.05, 4.69) is 37.3 Å². The van der Waals surface area contributed by atoms with Gasteiger partial charge in [0.15, 0.2) is 0 Å². The van der Waals surface area contributed by atoms with Gasteiger partial charge in [-0.15, -0.1) is 0 Å². The van der Waals surface area contributed by atoms with Gasteiger partial charge in [0.2, 0.25) is 0 Å². The fraction of sp³-hybridized carbons (Fsp3) is 0.200. The fourth-order valence-corrected chi connectivity index (χ4v) is 2.61. The van der Waals surface area contributed by atoms with Crippen LogP contribution < -0.4 is 34.0 Å². The van der Waals surface area contributed by atoms with Crippen molar-refractivity contribution in [3.63, 3.8) is 0 Å². The molecule has 67 valence electrons. The molecule has 0 aliphatic heterocycles. The van der Waals surface area contributed by atoms with Crippen LogP contribution in [0.1, 0.15) is 24.0 Å². The van der Waals surface area contributed by atoms with Crippen LogP contribution in [-0.2, 0) is 24.4 Å². The maximum atomic E-state index is 2.34. The van der Waals surface area contributed by atoms with Gasteiger partial charge in [0.1, 0.15) is 0 Å². The summed E-state index contributed by atoms with van der Waals surface area (Å²) in [6.45, 7) is 2.30. The normalized spacial score (nSPS) is 18.1. The molecule has 1 atom stereocenters. The fourth-order valence-electron chi connectivity index (χ4n) is 1.50. The summed E-state index contributed by atoms with van der Waals surface area (Å²) in [4.78, 5) is 0. The predicted octanol–water partition coefficient (Wildman–Crippen LogP) is -3.30. The SMILES string of the molecule is CC1[C]([Hf+2])=Cc2ccccc21.[Br-].[Br-]. The summed E-state index contributed by atoms with van der Waals surface area (Å²) in [7, 11) is 0. The molecule has 1 aromatic rings. The molecule has 13 heavy (non-hydrogen) atoms. The van der Waals surface area contributed by atoms with Crippen LogP contribution in [0.25, 0.3) is 6.08 Å². The van der Waals surface area contributed by atoms with Gasteiger partial charge in [0.25, 0.3) is 0 Å². The molecule has 0 aromatic heterocycles. The number of hydrogen-bond acceptors (Lipinski definition) is 0. The van der Waals surface area contributed by atoms with Crippen LogP contribution in [-0.4, -0.2) is 0 Å². The molecule has 0 saturated carbocycles. The molecular formula is C10H9Br2Hf. The van der Waals surface area contributed by atoms with E-state index < -0.39 is 0 Å². The zero-order valence-electron chi connectivity index (χ0n) is 7.22. The Morgan fingerprint density at radius 1 is 1.15 bits per heavy atom. The molecule has 3 heteroatoms. The van der Waals surface area contributed by atoms with Crippen LogP contribution >= 0.6 is 0 Å². The Hall–Kier alpha value is 0.790. The minimum Gasteiger partial charge on any atom is -1.00 e. The quantitative estimate of drug-likeness (QED) is 0.351. The summed E-state index contributed by atoms with van der Waals surface area (Å²) in [5.41, 5.74) is 2.95. The third-order valence-corrected chi connectivity index (χ3v) is 4.31. The minimum absolute atomic E-state index is 0. The molecule has 0 radical (unpaired) electrons. The van der Waals surface area contributed by atoms with Crippen molar-refractivity contribution in [1.82, 2.24) is 0 Å². The van der Waals surface area contributed by atoms with Crippen LogP contribution in [0.3, 0.4) is 0 Å². The molecule has 0 amide bonds. The smallest absolute Gasteiger partial charge is 1.00 e. The van der Waals surface area contributed by atoms with Crippen molar-refractivity contribution in [2.75, 3.05) is 0 Å². The first-order chi connectivity index (χ1) is 5.29. The molecule has 1 aliphatic rings. The first-order valence-corrected chi connectivity index (χ1v) is 5.61. The Balaban J connectivity index is 0.000000720. The second kappa shape index (κ2) is 5.62. The van der Waals surface area contributed by atoms with E-state index in [0.29, 0.717) is 5.92 Å².